The van der Waals surface area contributed by atoms with Crippen molar-refractivity contribution in [2.45, 2.75) is 53.1 Å². The van der Waals surface area contributed by atoms with E-state index in [-0.39, 0.29) is 12.5 Å². The number of benzene rings is 1. The number of rotatable bonds is 9. The lowest BCUT2D eigenvalue weighted by Crippen LogP contribution is -2.30. The van der Waals surface area contributed by atoms with E-state index in [1.165, 1.54) is 5.56 Å². The Bertz CT molecular complexity index is 444. The van der Waals surface area contributed by atoms with E-state index in [4.69, 9.17) is 4.74 Å². The van der Waals surface area contributed by atoms with Gasteiger partial charge in [0.25, 0.3) is 5.91 Å². The van der Waals surface area contributed by atoms with E-state index >= 15 is 0 Å². The molecule has 0 aliphatic heterocycles. The molecule has 0 fully saturated rings. The molecule has 0 radical (unpaired) electrons. The van der Waals surface area contributed by atoms with Crippen LogP contribution in [0.5, 0.6) is 5.75 Å². The van der Waals surface area contributed by atoms with Gasteiger partial charge < -0.3 is 15.4 Å². The Balaban J connectivity index is 2.55. The molecule has 2 N–H and O–H groups in total. The van der Waals surface area contributed by atoms with Gasteiger partial charge in [0.15, 0.2) is 6.61 Å². The molecule has 21 heavy (non-hydrogen) atoms. The van der Waals surface area contributed by atoms with Crippen LogP contribution < -0.4 is 15.4 Å². The average Bonchev–Trinajstić information content (AvgIpc) is 2.44. The summed E-state index contributed by atoms with van der Waals surface area (Å²) >= 11 is 0. The maximum atomic E-state index is 11.7. The van der Waals surface area contributed by atoms with Gasteiger partial charge in [-0.2, -0.15) is 0 Å². The van der Waals surface area contributed by atoms with Crippen molar-refractivity contribution < 1.29 is 9.53 Å². The molecule has 1 aromatic carbocycles. The van der Waals surface area contributed by atoms with Gasteiger partial charge in [0.1, 0.15) is 5.75 Å². The van der Waals surface area contributed by atoms with Crippen LogP contribution in [0.2, 0.25) is 0 Å². The SMILES string of the molecule is CCCCNC(=O)COc1ccc(C)cc1CNC(C)C. The Hall–Kier alpha value is -1.55. The lowest BCUT2D eigenvalue weighted by molar-refractivity contribution is -0.123. The maximum Gasteiger partial charge on any atom is 0.257 e. The summed E-state index contributed by atoms with van der Waals surface area (Å²) in [6.07, 6.45) is 2.07. The van der Waals surface area contributed by atoms with Gasteiger partial charge in [-0.3, -0.25) is 4.79 Å². The number of ether oxygens (including phenoxy) is 1. The molecule has 0 saturated carbocycles. The fourth-order valence-corrected chi connectivity index (χ4v) is 1.90. The van der Waals surface area contributed by atoms with Crippen LogP contribution in [0.1, 0.15) is 44.7 Å². The highest BCUT2D eigenvalue weighted by Gasteiger charge is 2.07. The van der Waals surface area contributed by atoms with Crippen molar-refractivity contribution in [3.05, 3.63) is 29.3 Å². The number of aryl methyl sites for hydroxylation is 1. The molecule has 1 rings (SSSR count). The summed E-state index contributed by atoms with van der Waals surface area (Å²) in [5, 5.41) is 6.23. The zero-order chi connectivity index (χ0) is 15.7. The third-order valence-electron chi connectivity index (χ3n) is 3.13. The number of hydrogen-bond acceptors (Lipinski definition) is 3. The summed E-state index contributed by atoms with van der Waals surface area (Å²) in [5.74, 6) is 0.714. The quantitative estimate of drug-likeness (QED) is 0.688. The van der Waals surface area contributed by atoms with E-state index in [2.05, 4.69) is 44.4 Å². The number of carbonyl (C=O) groups excluding carboxylic acids is 1. The molecule has 0 bridgehead atoms. The molecular weight excluding hydrogens is 264 g/mol. The van der Waals surface area contributed by atoms with Gasteiger partial charge in [0.05, 0.1) is 0 Å². The zero-order valence-corrected chi connectivity index (χ0v) is 13.7. The first-order chi connectivity index (χ1) is 10.0. The second kappa shape index (κ2) is 9.40. The smallest absolute Gasteiger partial charge is 0.257 e. The third-order valence-corrected chi connectivity index (χ3v) is 3.13. The molecular formula is C17H28N2O2. The molecule has 0 aliphatic rings. The van der Waals surface area contributed by atoms with E-state index in [0.717, 1.165) is 30.7 Å². The van der Waals surface area contributed by atoms with Crippen LogP contribution in [0, 0.1) is 6.92 Å². The summed E-state index contributed by atoms with van der Waals surface area (Å²) in [4.78, 5) is 11.7. The second-order valence-corrected chi connectivity index (χ2v) is 5.64. The highest BCUT2D eigenvalue weighted by molar-refractivity contribution is 5.77. The molecule has 118 valence electrons. The van der Waals surface area contributed by atoms with Crippen molar-refractivity contribution in [1.82, 2.24) is 10.6 Å². The van der Waals surface area contributed by atoms with Crippen molar-refractivity contribution in [2.24, 2.45) is 0 Å². The standard InChI is InChI=1S/C17H28N2O2/c1-5-6-9-18-17(20)12-21-16-8-7-14(4)10-15(16)11-19-13(2)3/h7-8,10,13,19H,5-6,9,11-12H2,1-4H3,(H,18,20). The first-order valence-corrected chi connectivity index (χ1v) is 7.75. The predicted molar refractivity (Wildman–Crippen MR) is 86.6 cm³/mol. The summed E-state index contributed by atoms with van der Waals surface area (Å²) in [5.41, 5.74) is 2.28. The van der Waals surface area contributed by atoms with Crippen molar-refractivity contribution in [3.63, 3.8) is 0 Å². The van der Waals surface area contributed by atoms with E-state index in [9.17, 15) is 4.79 Å². The zero-order valence-electron chi connectivity index (χ0n) is 13.7. The number of unbranched alkanes of at least 4 members (excludes halogenated alkanes) is 1. The molecule has 1 aromatic rings. The van der Waals surface area contributed by atoms with Crippen LogP contribution in [0.15, 0.2) is 18.2 Å². The highest BCUT2D eigenvalue weighted by Crippen LogP contribution is 2.20. The minimum atomic E-state index is -0.0632. The van der Waals surface area contributed by atoms with Gasteiger partial charge in [-0.1, -0.05) is 44.9 Å². The molecule has 0 atom stereocenters. The van der Waals surface area contributed by atoms with Gasteiger partial charge in [-0.25, -0.2) is 0 Å². The Morgan fingerprint density at radius 2 is 2.10 bits per heavy atom. The number of hydrogen-bond donors (Lipinski definition) is 2. The summed E-state index contributed by atoms with van der Waals surface area (Å²) < 4.78 is 5.66. The summed E-state index contributed by atoms with van der Waals surface area (Å²) in [6, 6.07) is 6.45. The second-order valence-electron chi connectivity index (χ2n) is 5.64. The van der Waals surface area contributed by atoms with Crippen LogP contribution in [-0.2, 0) is 11.3 Å². The van der Waals surface area contributed by atoms with E-state index < -0.39 is 0 Å². The first-order valence-electron chi connectivity index (χ1n) is 7.75. The molecule has 4 nitrogen and oxygen atoms in total. The molecule has 4 heteroatoms. The normalized spacial score (nSPS) is 10.7. The molecule has 1 amide bonds. The molecule has 0 unspecified atom stereocenters. The lowest BCUT2D eigenvalue weighted by atomic mass is 10.1. The molecule has 0 heterocycles. The fourth-order valence-electron chi connectivity index (χ4n) is 1.90. The lowest BCUT2D eigenvalue weighted by Gasteiger charge is -2.14. The Morgan fingerprint density at radius 1 is 1.33 bits per heavy atom. The summed E-state index contributed by atoms with van der Waals surface area (Å²) in [7, 11) is 0. The minimum Gasteiger partial charge on any atom is -0.483 e. The maximum absolute atomic E-state index is 11.7. The van der Waals surface area contributed by atoms with Gasteiger partial charge in [0.2, 0.25) is 0 Å². The van der Waals surface area contributed by atoms with Crippen LogP contribution >= 0.6 is 0 Å². The van der Waals surface area contributed by atoms with Crippen molar-refractivity contribution in [3.8, 4) is 5.75 Å². The van der Waals surface area contributed by atoms with Gasteiger partial charge in [-0.15, -0.1) is 0 Å². The Labute approximate surface area is 128 Å². The third kappa shape index (κ3) is 7.14. The molecule has 0 saturated heterocycles. The monoisotopic (exact) mass is 292 g/mol. The minimum absolute atomic E-state index is 0.0632. The van der Waals surface area contributed by atoms with Crippen LogP contribution in [0.3, 0.4) is 0 Å². The summed E-state index contributed by atoms with van der Waals surface area (Å²) in [6.45, 7) is 9.90. The van der Waals surface area contributed by atoms with Gasteiger partial charge in [-0.05, 0) is 19.4 Å². The van der Waals surface area contributed by atoms with Crippen molar-refractivity contribution in [1.29, 1.82) is 0 Å². The van der Waals surface area contributed by atoms with Crippen molar-refractivity contribution in [2.75, 3.05) is 13.2 Å². The molecule has 0 aliphatic carbocycles. The van der Waals surface area contributed by atoms with Gasteiger partial charge >= 0.3 is 0 Å². The predicted octanol–water partition coefficient (Wildman–Crippen LogP) is 2.79. The first kappa shape index (κ1) is 17.5. The molecule has 0 spiro atoms. The highest BCUT2D eigenvalue weighted by atomic mass is 16.5. The topological polar surface area (TPSA) is 50.4 Å². The molecule has 0 aromatic heterocycles. The largest absolute Gasteiger partial charge is 0.483 e. The van der Waals surface area contributed by atoms with Gasteiger partial charge in [0, 0.05) is 24.7 Å². The number of nitrogens with one attached hydrogen (secondary N) is 2. The van der Waals surface area contributed by atoms with E-state index in [0.29, 0.717) is 12.6 Å². The number of amides is 1. The average molecular weight is 292 g/mol. The number of carbonyl (C=O) groups is 1. The Kier molecular flexibility index (Phi) is 7.83. The fraction of sp³-hybridized carbons (Fsp3) is 0.588. The van der Waals surface area contributed by atoms with E-state index in [1.807, 2.05) is 12.1 Å². The van der Waals surface area contributed by atoms with Crippen LogP contribution in [0.4, 0.5) is 0 Å². The van der Waals surface area contributed by atoms with E-state index in [1.54, 1.807) is 0 Å². The van der Waals surface area contributed by atoms with Crippen molar-refractivity contribution >= 4 is 5.91 Å². The Morgan fingerprint density at radius 3 is 2.76 bits per heavy atom. The van der Waals surface area contributed by atoms with Crippen LogP contribution in [-0.4, -0.2) is 25.1 Å². The van der Waals surface area contributed by atoms with Crippen LogP contribution in [0.25, 0.3) is 0 Å².